The molecule has 4 heteroatoms. The van der Waals surface area contributed by atoms with Crippen molar-refractivity contribution in [1.29, 1.82) is 0 Å². The quantitative estimate of drug-likeness (QED) is 0.776. The van der Waals surface area contributed by atoms with Crippen LogP contribution in [0.1, 0.15) is 68.1 Å². The van der Waals surface area contributed by atoms with Crippen molar-refractivity contribution in [1.82, 2.24) is 4.98 Å². The smallest absolute Gasteiger partial charge is 0.267 e. The Balaban J connectivity index is 2.23. The molecule has 0 spiro atoms. The Morgan fingerprint density at radius 1 is 1.35 bits per heavy atom. The summed E-state index contributed by atoms with van der Waals surface area (Å²) in [6.45, 7) is 4.38. The van der Waals surface area contributed by atoms with Crippen LogP contribution < -0.4 is 5.73 Å². The third-order valence-corrected chi connectivity index (χ3v) is 3.73. The van der Waals surface area contributed by atoms with Gasteiger partial charge in [0.2, 0.25) is 0 Å². The van der Waals surface area contributed by atoms with Gasteiger partial charge in [0.1, 0.15) is 11.5 Å². The van der Waals surface area contributed by atoms with E-state index in [0.29, 0.717) is 5.92 Å². The molecule has 1 atom stereocenters. The number of hydrogen-bond acceptors (Lipinski definition) is 3. The number of amides is 1. The lowest BCUT2D eigenvalue weighted by molar-refractivity contribution is 0.0996. The number of pyridine rings is 1. The van der Waals surface area contributed by atoms with Crippen molar-refractivity contribution in [2.75, 3.05) is 0 Å². The van der Waals surface area contributed by atoms with Crippen LogP contribution in [0, 0.1) is 0 Å². The van der Waals surface area contributed by atoms with Gasteiger partial charge in [0.15, 0.2) is 5.58 Å². The number of nitrogens with two attached hydrogens (primary N) is 1. The maximum Gasteiger partial charge on any atom is 0.267 e. The highest BCUT2D eigenvalue weighted by molar-refractivity contribution is 5.94. The summed E-state index contributed by atoms with van der Waals surface area (Å²) in [6, 6.07) is 3.72. The van der Waals surface area contributed by atoms with E-state index >= 15 is 0 Å². The van der Waals surface area contributed by atoms with Crippen molar-refractivity contribution in [3.8, 4) is 0 Å². The average Bonchev–Trinajstić information content (AvgIpc) is 2.86. The lowest BCUT2D eigenvalue weighted by Gasteiger charge is -2.11. The van der Waals surface area contributed by atoms with Crippen LogP contribution in [0.2, 0.25) is 0 Å². The standard InChI is InChI=1S/C16H22N2O2/c1-3-5-6-7-11(4-2)14-9-12-8-13(16(17)19)18-10-15(12)20-14/h8-11H,3-7H2,1-2H3,(H2,17,19). The first-order chi connectivity index (χ1) is 9.65. The highest BCUT2D eigenvalue weighted by atomic mass is 16.3. The van der Waals surface area contributed by atoms with E-state index in [4.69, 9.17) is 10.2 Å². The van der Waals surface area contributed by atoms with E-state index < -0.39 is 5.91 Å². The molecule has 0 aliphatic rings. The van der Waals surface area contributed by atoms with Gasteiger partial charge in [-0.3, -0.25) is 4.79 Å². The molecular weight excluding hydrogens is 252 g/mol. The van der Waals surface area contributed by atoms with Crippen LogP contribution in [-0.2, 0) is 0 Å². The van der Waals surface area contributed by atoms with E-state index in [0.717, 1.165) is 29.6 Å². The number of hydrogen-bond donors (Lipinski definition) is 1. The molecule has 0 aliphatic heterocycles. The van der Waals surface area contributed by atoms with Gasteiger partial charge in [-0.2, -0.15) is 0 Å². The van der Waals surface area contributed by atoms with Crippen molar-refractivity contribution in [3.05, 3.63) is 29.8 Å². The summed E-state index contributed by atoms with van der Waals surface area (Å²) in [5.74, 6) is 0.914. The van der Waals surface area contributed by atoms with E-state index in [1.165, 1.54) is 19.3 Å². The first-order valence-electron chi connectivity index (χ1n) is 7.35. The molecule has 2 aromatic heterocycles. The Morgan fingerprint density at radius 2 is 2.15 bits per heavy atom. The Labute approximate surface area is 119 Å². The molecule has 1 unspecified atom stereocenters. The number of fused-ring (bicyclic) bond motifs is 1. The molecule has 2 aromatic rings. The molecule has 0 radical (unpaired) electrons. The normalized spacial score (nSPS) is 12.7. The first kappa shape index (κ1) is 14.6. The van der Waals surface area contributed by atoms with Crippen LogP contribution in [-0.4, -0.2) is 10.9 Å². The van der Waals surface area contributed by atoms with Crippen LogP contribution in [0.15, 0.2) is 22.7 Å². The van der Waals surface area contributed by atoms with Crippen molar-refractivity contribution in [2.45, 2.75) is 51.9 Å². The molecule has 20 heavy (non-hydrogen) atoms. The lowest BCUT2D eigenvalue weighted by Crippen LogP contribution is -2.12. The van der Waals surface area contributed by atoms with Crippen LogP contribution in [0.3, 0.4) is 0 Å². The highest BCUT2D eigenvalue weighted by Gasteiger charge is 2.15. The number of rotatable bonds is 7. The van der Waals surface area contributed by atoms with Crippen LogP contribution in [0.5, 0.6) is 0 Å². The van der Waals surface area contributed by atoms with E-state index in [2.05, 4.69) is 18.8 Å². The molecule has 0 bridgehead atoms. The zero-order valence-electron chi connectivity index (χ0n) is 12.2. The molecule has 2 rings (SSSR count). The van der Waals surface area contributed by atoms with Crippen molar-refractivity contribution in [3.63, 3.8) is 0 Å². The Morgan fingerprint density at radius 3 is 2.80 bits per heavy atom. The van der Waals surface area contributed by atoms with Gasteiger partial charge in [-0.15, -0.1) is 0 Å². The zero-order chi connectivity index (χ0) is 14.5. The second-order valence-electron chi connectivity index (χ2n) is 5.22. The van der Waals surface area contributed by atoms with Crippen LogP contribution >= 0.6 is 0 Å². The Kier molecular flexibility index (Phi) is 4.77. The minimum absolute atomic E-state index is 0.281. The predicted octanol–water partition coefficient (Wildman–Crippen LogP) is 4.00. The molecule has 0 aromatic carbocycles. The van der Waals surface area contributed by atoms with Crippen molar-refractivity contribution in [2.24, 2.45) is 5.73 Å². The van der Waals surface area contributed by atoms with Gasteiger partial charge in [-0.1, -0.05) is 33.1 Å². The van der Waals surface area contributed by atoms with Crippen LogP contribution in [0.25, 0.3) is 11.0 Å². The summed E-state index contributed by atoms with van der Waals surface area (Å²) in [5, 5.41) is 0.901. The van der Waals surface area contributed by atoms with E-state index in [9.17, 15) is 4.79 Å². The van der Waals surface area contributed by atoms with Gasteiger partial charge in [0, 0.05) is 11.3 Å². The third-order valence-electron chi connectivity index (χ3n) is 3.73. The minimum Gasteiger partial charge on any atom is -0.459 e. The number of nitrogens with zero attached hydrogens (tertiary/aromatic N) is 1. The highest BCUT2D eigenvalue weighted by Crippen LogP contribution is 2.30. The van der Waals surface area contributed by atoms with Gasteiger partial charge in [-0.05, 0) is 25.0 Å². The predicted molar refractivity (Wildman–Crippen MR) is 79.7 cm³/mol. The monoisotopic (exact) mass is 274 g/mol. The number of aromatic nitrogens is 1. The van der Waals surface area contributed by atoms with Crippen molar-refractivity contribution < 1.29 is 9.21 Å². The summed E-state index contributed by atoms with van der Waals surface area (Å²) < 4.78 is 5.87. The topological polar surface area (TPSA) is 69.1 Å². The fourth-order valence-electron chi connectivity index (χ4n) is 2.49. The van der Waals surface area contributed by atoms with Gasteiger partial charge in [0.05, 0.1) is 6.20 Å². The summed E-state index contributed by atoms with van der Waals surface area (Å²) in [6.07, 6.45) is 7.47. The first-order valence-corrected chi connectivity index (χ1v) is 7.35. The molecule has 0 aliphatic carbocycles. The van der Waals surface area contributed by atoms with Gasteiger partial charge < -0.3 is 10.2 Å². The number of furan rings is 1. The second kappa shape index (κ2) is 6.55. The van der Waals surface area contributed by atoms with E-state index in [-0.39, 0.29) is 5.69 Å². The third kappa shape index (κ3) is 3.18. The molecule has 0 fully saturated rings. The fraction of sp³-hybridized carbons (Fsp3) is 0.500. The molecule has 2 N–H and O–H groups in total. The largest absolute Gasteiger partial charge is 0.459 e. The molecular formula is C16H22N2O2. The Bertz CT molecular complexity index is 589. The molecule has 1 amide bonds. The average molecular weight is 274 g/mol. The summed E-state index contributed by atoms with van der Waals surface area (Å²) in [5.41, 5.74) is 6.25. The van der Waals surface area contributed by atoms with Gasteiger partial charge in [-0.25, -0.2) is 4.98 Å². The zero-order valence-corrected chi connectivity index (χ0v) is 12.2. The molecule has 0 saturated heterocycles. The Hall–Kier alpha value is -1.84. The summed E-state index contributed by atoms with van der Waals surface area (Å²) >= 11 is 0. The SMILES string of the molecule is CCCCCC(CC)c1cc2cc(C(N)=O)ncc2o1. The van der Waals surface area contributed by atoms with Crippen molar-refractivity contribution >= 4 is 16.9 Å². The maximum absolute atomic E-state index is 11.1. The molecule has 0 saturated carbocycles. The number of carbonyl (C=O) groups is 1. The summed E-state index contributed by atoms with van der Waals surface area (Å²) in [4.78, 5) is 15.2. The molecule has 4 nitrogen and oxygen atoms in total. The molecule has 2 heterocycles. The van der Waals surface area contributed by atoms with E-state index in [1.807, 2.05) is 6.07 Å². The minimum atomic E-state index is -0.510. The van der Waals surface area contributed by atoms with Crippen LogP contribution in [0.4, 0.5) is 0 Å². The summed E-state index contributed by atoms with van der Waals surface area (Å²) in [7, 11) is 0. The number of unbranched alkanes of at least 4 members (excludes halogenated alkanes) is 2. The van der Waals surface area contributed by atoms with Gasteiger partial charge in [0.25, 0.3) is 5.91 Å². The maximum atomic E-state index is 11.1. The molecule has 108 valence electrons. The second-order valence-corrected chi connectivity index (χ2v) is 5.22. The fourth-order valence-corrected chi connectivity index (χ4v) is 2.49. The number of primary amides is 1. The van der Waals surface area contributed by atoms with E-state index in [1.54, 1.807) is 12.3 Å². The number of carbonyl (C=O) groups excluding carboxylic acids is 1. The van der Waals surface area contributed by atoms with Gasteiger partial charge >= 0.3 is 0 Å². The lowest BCUT2D eigenvalue weighted by atomic mass is 9.96.